The molecule has 0 radical (unpaired) electrons. The SMILES string of the molecule is COC(=O)OC1=C(CN2CC(F)(F)C[C@H]2C(=O)O)NC(c2cc(Cl)cs2)=N[C@@H]1c1ccc(F)cc1Cl. The number of benzene rings is 1. The number of hydrogen-bond acceptors (Lipinski definition) is 8. The molecule has 0 bridgehead atoms. The van der Waals surface area contributed by atoms with Gasteiger partial charge in [-0.2, -0.15) is 0 Å². The van der Waals surface area contributed by atoms with Crippen molar-refractivity contribution in [3.05, 3.63) is 67.4 Å². The molecule has 2 aliphatic heterocycles. The molecule has 2 aromatic rings. The summed E-state index contributed by atoms with van der Waals surface area (Å²) in [6, 6.07) is 2.52. The summed E-state index contributed by atoms with van der Waals surface area (Å²) in [7, 11) is 1.07. The first-order valence-electron chi connectivity index (χ1n) is 10.3. The number of nitrogens with zero attached hydrogens (tertiary/aromatic N) is 2. The highest BCUT2D eigenvalue weighted by Crippen LogP contribution is 2.39. The van der Waals surface area contributed by atoms with Crippen molar-refractivity contribution in [1.82, 2.24) is 10.2 Å². The summed E-state index contributed by atoms with van der Waals surface area (Å²) in [5.41, 5.74) is 0.321. The number of methoxy groups -OCH3 is 1. The van der Waals surface area contributed by atoms with Crippen molar-refractivity contribution in [2.24, 2.45) is 4.99 Å². The molecule has 2 aliphatic rings. The van der Waals surface area contributed by atoms with Gasteiger partial charge in [-0.3, -0.25) is 14.7 Å². The van der Waals surface area contributed by atoms with Crippen molar-refractivity contribution in [2.45, 2.75) is 24.4 Å². The summed E-state index contributed by atoms with van der Waals surface area (Å²) in [6.45, 7) is -1.20. The summed E-state index contributed by atoms with van der Waals surface area (Å²) in [5, 5.41) is 14.5. The van der Waals surface area contributed by atoms with Crippen LogP contribution in [0.25, 0.3) is 0 Å². The third-order valence-electron chi connectivity index (χ3n) is 5.50. The van der Waals surface area contributed by atoms with Crippen molar-refractivity contribution in [3.8, 4) is 0 Å². The Morgan fingerprint density at radius 2 is 2.08 bits per heavy atom. The number of rotatable bonds is 6. The first-order chi connectivity index (χ1) is 17.0. The minimum absolute atomic E-state index is 0.0318. The molecule has 14 heteroatoms. The maximum absolute atomic E-state index is 14.2. The number of halogens is 5. The maximum Gasteiger partial charge on any atom is 0.513 e. The summed E-state index contributed by atoms with van der Waals surface area (Å²) < 4.78 is 52.1. The lowest BCUT2D eigenvalue weighted by Crippen LogP contribution is -2.43. The molecule has 8 nitrogen and oxygen atoms in total. The number of aliphatic carboxylic acids is 1. The summed E-state index contributed by atoms with van der Waals surface area (Å²) in [5.74, 6) is -5.20. The van der Waals surface area contributed by atoms with Crippen LogP contribution in [-0.4, -0.2) is 60.1 Å². The number of thiophene rings is 1. The van der Waals surface area contributed by atoms with Crippen LogP contribution in [0.3, 0.4) is 0 Å². The van der Waals surface area contributed by atoms with E-state index in [1.165, 1.54) is 17.4 Å². The van der Waals surface area contributed by atoms with Gasteiger partial charge in [0.1, 0.15) is 23.7 Å². The monoisotopic (exact) mass is 563 g/mol. The van der Waals surface area contributed by atoms with Crippen LogP contribution in [0.4, 0.5) is 18.0 Å². The van der Waals surface area contributed by atoms with Gasteiger partial charge in [-0.15, -0.1) is 11.3 Å². The van der Waals surface area contributed by atoms with Crippen LogP contribution >= 0.6 is 34.5 Å². The number of alkyl halides is 2. The molecule has 1 aromatic carbocycles. The van der Waals surface area contributed by atoms with Gasteiger partial charge in [0, 0.05) is 28.9 Å². The topological polar surface area (TPSA) is 100 Å². The third-order valence-corrected chi connectivity index (χ3v) is 7.12. The lowest BCUT2D eigenvalue weighted by atomic mass is 10.0. The number of carbonyl (C=O) groups is 2. The van der Waals surface area contributed by atoms with E-state index in [1.807, 2.05) is 0 Å². The lowest BCUT2D eigenvalue weighted by molar-refractivity contribution is -0.142. The molecule has 0 spiro atoms. The molecule has 0 saturated carbocycles. The number of carboxylic acids is 1. The second-order valence-corrected chi connectivity index (χ2v) is 9.77. The zero-order valence-corrected chi connectivity index (χ0v) is 20.8. The van der Waals surface area contributed by atoms with Gasteiger partial charge in [0.25, 0.3) is 5.92 Å². The van der Waals surface area contributed by atoms with Crippen molar-refractivity contribution in [1.29, 1.82) is 0 Å². The van der Waals surface area contributed by atoms with Crippen LogP contribution in [0.15, 0.2) is 46.1 Å². The molecule has 3 heterocycles. The van der Waals surface area contributed by atoms with Crippen molar-refractivity contribution >= 4 is 52.5 Å². The third kappa shape index (κ3) is 5.61. The maximum atomic E-state index is 14.2. The first kappa shape index (κ1) is 26.3. The zero-order chi connectivity index (χ0) is 26.2. The molecule has 0 aliphatic carbocycles. The molecule has 0 amide bonds. The van der Waals surface area contributed by atoms with E-state index in [0.29, 0.717) is 9.90 Å². The van der Waals surface area contributed by atoms with Crippen molar-refractivity contribution in [3.63, 3.8) is 0 Å². The predicted octanol–water partition coefficient (Wildman–Crippen LogP) is 5.07. The molecule has 2 atom stereocenters. The second-order valence-electron chi connectivity index (χ2n) is 8.02. The average molecular weight is 564 g/mol. The molecule has 0 unspecified atom stereocenters. The number of aliphatic imine (C=N–C) groups is 1. The van der Waals surface area contributed by atoms with Crippen molar-refractivity contribution < 1.29 is 37.3 Å². The van der Waals surface area contributed by atoms with Crippen LogP contribution in [0.2, 0.25) is 10.0 Å². The van der Waals surface area contributed by atoms with Crippen LogP contribution < -0.4 is 5.32 Å². The normalized spacial score (nSPS) is 21.7. The Morgan fingerprint density at radius 1 is 1.33 bits per heavy atom. The Labute approximate surface area is 216 Å². The fraction of sp³-hybridized carbons (Fsp3) is 0.318. The number of amidine groups is 1. The number of nitrogens with one attached hydrogen (secondary N) is 1. The minimum atomic E-state index is -3.24. The van der Waals surface area contributed by atoms with Gasteiger partial charge >= 0.3 is 12.1 Å². The Morgan fingerprint density at radius 3 is 2.69 bits per heavy atom. The molecular weight excluding hydrogens is 546 g/mol. The number of likely N-dealkylation sites (tertiary alicyclic amines) is 1. The smallest absolute Gasteiger partial charge is 0.480 e. The van der Waals surface area contributed by atoms with Crippen LogP contribution in [-0.2, 0) is 14.3 Å². The van der Waals surface area contributed by atoms with Gasteiger partial charge in [0.05, 0.1) is 29.3 Å². The summed E-state index contributed by atoms with van der Waals surface area (Å²) in [4.78, 5) is 30.0. The Balaban J connectivity index is 1.84. The number of hydrogen-bond donors (Lipinski definition) is 2. The van der Waals surface area contributed by atoms with E-state index in [2.05, 4.69) is 15.0 Å². The zero-order valence-electron chi connectivity index (χ0n) is 18.4. The molecule has 192 valence electrons. The van der Waals surface area contributed by atoms with E-state index in [0.717, 1.165) is 24.1 Å². The van der Waals surface area contributed by atoms with Crippen LogP contribution in [0, 0.1) is 5.82 Å². The molecule has 1 saturated heterocycles. The number of carbonyl (C=O) groups excluding carboxylic acids is 1. The largest absolute Gasteiger partial charge is 0.513 e. The van der Waals surface area contributed by atoms with E-state index in [4.69, 9.17) is 27.9 Å². The van der Waals surface area contributed by atoms with Crippen LogP contribution in [0.5, 0.6) is 0 Å². The highest BCUT2D eigenvalue weighted by atomic mass is 35.5. The van der Waals surface area contributed by atoms with Crippen molar-refractivity contribution in [2.75, 3.05) is 20.2 Å². The van der Waals surface area contributed by atoms with E-state index in [9.17, 15) is 27.9 Å². The first-order valence-corrected chi connectivity index (χ1v) is 12.0. The van der Waals surface area contributed by atoms with Gasteiger partial charge in [0.2, 0.25) is 0 Å². The summed E-state index contributed by atoms with van der Waals surface area (Å²) in [6.07, 6.45) is -2.01. The van der Waals surface area contributed by atoms with E-state index in [1.54, 1.807) is 11.4 Å². The van der Waals surface area contributed by atoms with Gasteiger partial charge in [-0.05, 0) is 18.2 Å². The Kier molecular flexibility index (Phi) is 7.51. The molecule has 1 aromatic heterocycles. The Bertz CT molecular complexity index is 1270. The highest BCUT2D eigenvalue weighted by molar-refractivity contribution is 7.12. The van der Waals surface area contributed by atoms with Crippen LogP contribution in [0.1, 0.15) is 22.9 Å². The lowest BCUT2D eigenvalue weighted by Gasteiger charge is -2.30. The summed E-state index contributed by atoms with van der Waals surface area (Å²) >= 11 is 13.6. The molecule has 36 heavy (non-hydrogen) atoms. The molecular formula is C22H18Cl2F3N3O5S. The van der Waals surface area contributed by atoms with Gasteiger partial charge in [-0.25, -0.2) is 18.0 Å². The van der Waals surface area contributed by atoms with E-state index >= 15 is 0 Å². The minimum Gasteiger partial charge on any atom is -0.480 e. The predicted molar refractivity (Wildman–Crippen MR) is 126 cm³/mol. The highest BCUT2D eigenvalue weighted by Gasteiger charge is 2.49. The van der Waals surface area contributed by atoms with E-state index < -0.39 is 48.9 Å². The Hall–Kier alpha value is -2.80. The second kappa shape index (κ2) is 10.3. The molecule has 4 rings (SSSR count). The number of carboxylic acid groups (broad SMARTS) is 1. The van der Waals surface area contributed by atoms with Gasteiger partial charge in [-0.1, -0.05) is 29.3 Å². The van der Waals surface area contributed by atoms with Gasteiger partial charge < -0.3 is 19.9 Å². The van der Waals surface area contributed by atoms with Gasteiger partial charge in [0.15, 0.2) is 5.76 Å². The standard InChI is InChI=1S/C22H18Cl2F3N3O5S/c1-34-21(33)35-18-14(7-30-9-22(26,27)6-15(30)20(31)32)28-19(16-4-10(23)8-36-16)29-17(18)12-3-2-11(25)5-13(12)24/h2-5,8,15,17H,6-7,9H2,1H3,(H,28,29)(H,31,32)/t15-,17+/m0/s1. The van der Waals surface area contributed by atoms with E-state index in [-0.39, 0.29) is 34.4 Å². The quantitative estimate of drug-likeness (QED) is 0.473. The average Bonchev–Trinajstić information content (AvgIpc) is 3.37. The molecule has 2 N–H and O–H groups in total. The fourth-order valence-corrected chi connectivity index (χ4v) is 5.24. The molecule has 1 fully saturated rings. The fourth-order valence-electron chi connectivity index (χ4n) is 3.95. The number of ether oxygens (including phenoxy) is 2.